The molecule has 0 aliphatic carbocycles. The van der Waals surface area contributed by atoms with Gasteiger partial charge in [0, 0.05) is 51.0 Å². The molecule has 0 spiro atoms. The van der Waals surface area contributed by atoms with Crippen molar-refractivity contribution in [3.63, 3.8) is 0 Å². The molecule has 2 N–H and O–H groups in total. The van der Waals surface area contributed by atoms with E-state index in [0.717, 1.165) is 64.4 Å². The van der Waals surface area contributed by atoms with Gasteiger partial charge in [-0.25, -0.2) is 9.78 Å². The molecule has 0 saturated carbocycles. The van der Waals surface area contributed by atoms with Gasteiger partial charge in [-0.3, -0.25) is 4.90 Å². The molecule has 2 aliphatic heterocycles. The van der Waals surface area contributed by atoms with Crippen molar-refractivity contribution in [2.75, 3.05) is 32.7 Å². The number of amides is 2. The highest BCUT2D eigenvalue weighted by Gasteiger charge is 2.27. The van der Waals surface area contributed by atoms with E-state index in [9.17, 15) is 4.79 Å². The number of piperidine rings is 1. The summed E-state index contributed by atoms with van der Waals surface area (Å²) in [6, 6.07) is 10.7. The maximum Gasteiger partial charge on any atom is 0.317 e. The number of hydrogen-bond acceptors (Lipinski definition) is 3. The van der Waals surface area contributed by atoms with Gasteiger partial charge in [-0.05, 0) is 37.3 Å². The molecule has 6 nitrogen and oxygen atoms in total. The van der Waals surface area contributed by atoms with Crippen molar-refractivity contribution in [3.05, 3.63) is 54.1 Å². The van der Waals surface area contributed by atoms with E-state index in [1.165, 1.54) is 5.56 Å². The van der Waals surface area contributed by atoms with Crippen molar-refractivity contribution >= 4 is 6.03 Å². The van der Waals surface area contributed by atoms with Gasteiger partial charge < -0.3 is 15.2 Å². The second-order valence-corrected chi connectivity index (χ2v) is 7.82. The number of aromatic amines is 1. The van der Waals surface area contributed by atoms with Crippen LogP contribution in [0.25, 0.3) is 0 Å². The first-order valence-electron chi connectivity index (χ1n) is 10.1. The number of nitrogens with one attached hydrogen (secondary N) is 2. The zero-order chi connectivity index (χ0) is 18.5. The third-order valence-electron chi connectivity index (χ3n) is 5.78. The number of likely N-dealkylation sites (tertiary alicyclic amines) is 2. The SMILES string of the molecule is O=C(NCC1CCN(Cc2ccccc2)C1)N1CCCC(c2ncc[nH]2)C1. The van der Waals surface area contributed by atoms with Gasteiger partial charge in [-0.15, -0.1) is 0 Å². The van der Waals surface area contributed by atoms with Crippen molar-refractivity contribution in [2.45, 2.75) is 31.7 Å². The molecule has 2 atom stereocenters. The smallest absolute Gasteiger partial charge is 0.317 e. The number of hydrogen-bond donors (Lipinski definition) is 2. The van der Waals surface area contributed by atoms with Crippen LogP contribution in [0.4, 0.5) is 4.79 Å². The van der Waals surface area contributed by atoms with Gasteiger partial charge in [-0.2, -0.15) is 0 Å². The highest BCUT2D eigenvalue weighted by atomic mass is 16.2. The van der Waals surface area contributed by atoms with Crippen LogP contribution in [0.15, 0.2) is 42.7 Å². The summed E-state index contributed by atoms with van der Waals surface area (Å²) in [7, 11) is 0. The maximum absolute atomic E-state index is 12.6. The fourth-order valence-electron chi connectivity index (χ4n) is 4.29. The summed E-state index contributed by atoms with van der Waals surface area (Å²) in [5.74, 6) is 1.87. The van der Waals surface area contributed by atoms with E-state index >= 15 is 0 Å². The lowest BCUT2D eigenvalue weighted by Crippen LogP contribution is -2.46. The molecular weight excluding hydrogens is 338 g/mol. The van der Waals surface area contributed by atoms with Crippen LogP contribution >= 0.6 is 0 Å². The monoisotopic (exact) mass is 367 g/mol. The van der Waals surface area contributed by atoms with Gasteiger partial charge in [-0.1, -0.05) is 30.3 Å². The molecule has 0 bridgehead atoms. The predicted octanol–water partition coefficient (Wildman–Crippen LogP) is 2.82. The standard InChI is InChI=1S/C21H29N5O/c27-21(26-11-4-7-19(16-26)20-22-9-10-23-20)24-13-18-8-12-25(15-18)14-17-5-2-1-3-6-17/h1-3,5-6,9-10,18-19H,4,7-8,11-16H2,(H,22,23)(H,24,27). The highest BCUT2D eigenvalue weighted by Crippen LogP contribution is 2.24. The average Bonchev–Trinajstić information content (AvgIpc) is 3.39. The normalized spacial score (nSPS) is 23.5. The largest absolute Gasteiger partial charge is 0.348 e. The van der Waals surface area contributed by atoms with Crippen LogP contribution in [-0.2, 0) is 6.54 Å². The van der Waals surface area contributed by atoms with E-state index in [4.69, 9.17) is 0 Å². The first kappa shape index (κ1) is 18.0. The zero-order valence-corrected chi connectivity index (χ0v) is 15.8. The predicted molar refractivity (Wildman–Crippen MR) is 105 cm³/mol. The number of carbonyl (C=O) groups excluding carboxylic acids is 1. The molecule has 2 aromatic rings. The Labute approximate surface area is 161 Å². The molecule has 27 heavy (non-hydrogen) atoms. The molecule has 3 heterocycles. The first-order valence-corrected chi connectivity index (χ1v) is 10.1. The number of nitrogens with zero attached hydrogens (tertiary/aromatic N) is 3. The molecule has 1 aromatic heterocycles. The van der Waals surface area contributed by atoms with E-state index in [-0.39, 0.29) is 6.03 Å². The minimum atomic E-state index is 0.0766. The summed E-state index contributed by atoms with van der Waals surface area (Å²) >= 11 is 0. The molecule has 6 heteroatoms. The van der Waals surface area contributed by atoms with Gasteiger partial charge in [0.1, 0.15) is 5.82 Å². The quantitative estimate of drug-likeness (QED) is 0.854. The summed E-state index contributed by atoms with van der Waals surface area (Å²) in [6.07, 6.45) is 6.93. The Kier molecular flexibility index (Phi) is 5.72. The number of H-pyrrole nitrogens is 1. The van der Waals surface area contributed by atoms with Crippen LogP contribution in [0.3, 0.4) is 0 Å². The fraction of sp³-hybridized carbons (Fsp3) is 0.524. The van der Waals surface area contributed by atoms with Crippen molar-refractivity contribution in [2.24, 2.45) is 5.92 Å². The van der Waals surface area contributed by atoms with Gasteiger partial charge in [0.25, 0.3) is 0 Å². The van der Waals surface area contributed by atoms with Crippen LogP contribution in [-0.4, -0.2) is 58.5 Å². The summed E-state index contributed by atoms with van der Waals surface area (Å²) in [5, 5.41) is 3.17. The number of aromatic nitrogens is 2. The minimum Gasteiger partial charge on any atom is -0.348 e. The van der Waals surface area contributed by atoms with Crippen LogP contribution in [0.5, 0.6) is 0 Å². The lowest BCUT2D eigenvalue weighted by atomic mass is 9.97. The molecule has 1 aromatic carbocycles. The summed E-state index contributed by atoms with van der Waals surface area (Å²) in [6.45, 7) is 5.54. The van der Waals surface area contributed by atoms with Gasteiger partial charge in [0.15, 0.2) is 0 Å². The molecule has 4 rings (SSSR count). The topological polar surface area (TPSA) is 64.3 Å². The molecule has 2 unspecified atom stereocenters. The number of rotatable bonds is 5. The molecule has 2 amide bonds. The Morgan fingerprint density at radius 3 is 2.89 bits per heavy atom. The third-order valence-corrected chi connectivity index (χ3v) is 5.78. The molecule has 2 fully saturated rings. The highest BCUT2D eigenvalue weighted by molar-refractivity contribution is 5.74. The lowest BCUT2D eigenvalue weighted by molar-refractivity contribution is 0.176. The van der Waals surface area contributed by atoms with Crippen LogP contribution in [0, 0.1) is 5.92 Å². The second-order valence-electron chi connectivity index (χ2n) is 7.82. The van der Waals surface area contributed by atoms with Gasteiger partial charge in [0.05, 0.1) is 0 Å². The number of carbonyl (C=O) groups is 1. The van der Waals surface area contributed by atoms with Gasteiger partial charge >= 0.3 is 6.03 Å². The molecule has 2 saturated heterocycles. The number of benzene rings is 1. The Morgan fingerprint density at radius 1 is 1.19 bits per heavy atom. The Bertz CT molecular complexity index is 717. The van der Waals surface area contributed by atoms with Crippen molar-refractivity contribution in [1.29, 1.82) is 0 Å². The van der Waals surface area contributed by atoms with Crippen molar-refractivity contribution in [1.82, 2.24) is 25.1 Å². The van der Waals surface area contributed by atoms with E-state index in [0.29, 0.717) is 11.8 Å². The van der Waals surface area contributed by atoms with Crippen molar-refractivity contribution < 1.29 is 4.79 Å². The molecular formula is C21H29N5O. The van der Waals surface area contributed by atoms with Crippen molar-refractivity contribution in [3.8, 4) is 0 Å². The van der Waals surface area contributed by atoms with E-state index in [1.54, 1.807) is 6.20 Å². The van der Waals surface area contributed by atoms with Crippen LogP contribution in [0.1, 0.15) is 36.6 Å². The number of urea groups is 1. The maximum atomic E-state index is 12.6. The molecule has 2 aliphatic rings. The lowest BCUT2D eigenvalue weighted by Gasteiger charge is -2.32. The van der Waals surface area contributed by atoms with Crippen LogP contribution < -0.4 is 5.32 Å². The Balaban J connectivity index is 1.21. The minimum absolute atomic E-state index is 0.0766. The summed E-state index contributed by atoms with van der Waals surface area (Å²) in [5.41, 5.74) is 1.36. The summed E-state index contributed by atoms with van der Waals surface area (Å²) < 4.78 is 0. The van der Waals surface area contributed by atoms with E-state index in [2.05, 4.69) is 50.5 Å². The second kappa shape index (κ2) is 8.57. The third kappa shape index (κ3) is 4.69. The molecule has 0 radical (unpaired) electrons. The van der Waals surface area contributed by atoms with E-state index in [1.807, 2.05) is 11.1 Å². The first-order chi connectivity index (χ1) is 13.3. The Hall–Kier alpha value is -2.34. The molecule has 144 valence electrons. The van der Waals surface area contributed by atoms with Gasteiger partial charge in [0.2, 0.25) is 0 Å². The number of imidazole rings is 1. The average molecular weight is 367 g/mol. The summed E-state index contributed by atoms with van der Waals surface area (Å²) in [4.78, 5) is 24.6. The Morgan fingerprint density at radius 2 is 2.07 bits per heavy atom. The van der Waals surface area contributed by atoms with Crippen LogP contribution in [0.2, 0.25) is 0 Å². The zero-order valence-electron chi connectivity index (χ0n) is 15.8. The fourth-order valence-corrected chi connectivity index (χ4v) is 4.29. The van der Waals surface area contributed by atoms with E-state index < -0.39 is 0 Å².